The van der Waals surface area contributed by atoms with Crippen LogP contribution in [0.25, 0.3) is 11.3 Å². The molecule has 0 aliphatic carbocycles. The molecule has 0 unspecified atom stereocenters. The van der Waals surface area contributed by atoms with Crippen molar-refractivity contribution in [2.24, 2.45) is 0 Å². The molecule has 4 nitrogen and oxygen atoms in total. The molecule has 0 bridgehead atoms. The number of benzene rings is 1. The summed E-state index contributed by atoms with van der Waals surface area (Å²) in [5.74, 6) is -1.79. The van der Waals surface area contributed by atoms with Gasteiger partial charge in [-0.2, -0.15) is 13.2 Å². The topological polar surface area (TPSA) is 52.1 Å². The van der Waals surface area contributed by atoms with E-state index in [1.165, 1.54) is 18.2 Å². The second-order valence-corrected chi connectivity index (χ2v) is 4.98. The number of rotatable bonds is 2. The van der Waals surface area contributed by atoms with E-state index in [1.54, 1.807) is 0 Å². The van der Waals surface area contributed by atoms with Gasteiger partial charge in [0.1, 0.15) is 5.69 Å². The van der Waals surface area contributed by atoms with Crippen molar-refractivity contribution in [1.29, 1.82) is 0 Å². The van der Waals surface area contributed by atoms with Gasteiger partial charge in [0.25, 0.3) is 0 Å². The maximum absolute atomic E-state index is 12.9. The molecule has 0 saturated carbocycles. The van der Waals surface area contributed by atoms with E-state index >= 15 is 0 Å². The van der Waals surface area contributed by atoms with Crippen LogP contribution in [0.1, 0.15) is 16.3 Å². The van der Waals surface area contributed by atoms with E-state index in [9.17, 15) is 18.0 Å². The maximum atomic E-state index is 12.9. The molecule has 0 fully saturated rings. The summed E-state index contributed by atoms with van der Waals surface area (Å²) in [6.07, 6.45) is -4.75. The molecule has 0 amide bonds. The third-order valence-corrected chi connectivity index (χ3v) is 2.98. The Morgan fingerprint density at radius 1 is 1.09 bits per heavy atom. The number of halogens is 5. The molecule has 1 aromatic heterocycles. The number of hydrogen-bond donors (Lipinski definition) is 0. The van der Waals surface area contributed by atoms with E-state index in [0.717, 1.165) is 7.11 Å². The van der Waals surface area contributed by atoms with E-state index in [1.807, 2.05) is 0 Å². The normalized spacial score (nSPS) is 11.4. The highest BCUT2D eigenvalue weighted by Crippen LogP contribution is 2.32. The summed E-state index contributed by atoms with van der Waals surface area (Å²) >= 11 is 11.6. The summed E-state index contributed by atoms with van der Waals surface area (Å²) in [5, 5.41) is 0.434. The highest BCUT2D eigenvalue weighted by atomic mass is 35.5. The Hall–Kier alpha value is -1.86. The number of hydrogen-bond acceptors (Lipinski definition) is 4. The van der Waals surface area contributed by atoms with Crippen LogP contribution in [0.5, 0.6) is 0 Å². The molecular weight excluding hydrogens is 344 g/mol. The lowest BCUT2D eigenvalue weighted by Gasteiger charge is -2.10. The van der Waals surface area contributed by atoms with E-state index in [0.29, 0.717) is 6.07 Å². The van der Waals surface area contributed by atoms with Crippen LogP contribution >= 0.6 is 23.2 Å². The Morgan fingerprint density at radius 2 is 1.68 bits per heavy atom. The highest BCUT2D eigenvalue weighted by molar-refractivity contribution is 6.35. The molecule has 1 heterocycles. The van der Waals surface area contributed by atoms with Crippen LogP contribution in [0.4, 0.5) is 13.2 Å². The third-order valence-electron chi connectivity index (χ3n) is 2.54. The van der Waals surface area contributed by atoms with Gasteiger partial charge in [0.2, 0.25) is 5.82 Å². The first-order valence-electron chi connectivity index (χ1n) is 5.72. The fourth-order valence-corrected chi connectivity index (χ4v) is 2.15. The van der Waals surface area contributed by atoms with Gasteiger partial charge in [0, 0.05) is 15.6 Å². The van der Waals surface area contributed by atoms with Crippen LogP contribution in [0, 0.1) is 0 Å². The van der Waals surface area contributed by atoms with Crippen molar-refractivity contribution < 1.29 is 22.7 Å². The van der Waals surface area contributed by atoms with Gasteiger partial charge in [0.05, 0.1) is 12.8 Å². The van der Waals surface area contributed by atoms with Crippen LogP contribution in [0.3, 0.4) is 0 Å². The summed E-state index contributed by atoms with van der Waals surface area (Å²) in [5.41, 5.74) is -1.20. The van der Waals surface area contributed by atoms with Crippen LogP contribution in [0.15, 0.2) is 24.3 Å². The van der Waals surface area contributed by atoms with Crippen molar-refractivity contribution in [2.45, 2.75) is 6.18 Å². The molecule has 0 saturated heterocycles. The lowest BCUT2D eigenvalue weighted by Crippen LogP contribution is -2.15. The number of aromatic nitrogens is 2. The van der Waals surface area contributed by atoms with Crippen LogP contribution in [-0.4, -0.2) is 23.0 Å². The molecule has 2 aromatic rings. The highest BCUT2D eigenvalue weighted by Gasteiger charge is 2.34. The average Bonchev–Trinajstić information content (AvgIpc) is 2.44. The van der Waals surface area contributed by atoms with Crippen molar-refractivity contribution in [3.8, 4) is 11.3 Å². The van der Waals surface area contributed by atoms with Gasteiger partial charge in [-0.15, -0.1) is 0 Å². The Balaban J connectivity index is 2.66. The van der Waals surface area contributed by atoms with Gasteiger partial charge >= 0.3 is 12.1 Å². The predicted molar refractivity (Wildman–Crippen MR) is 73.8 cm³/mol. The molecule has 116 valence electrons. The first-order chi connectivity index (χ1) is 10.2. The molecule has 9 heteroatoms. The SMILES string of the molecule is COC(=O)c1nc(-c2cc(Cl)cc(Cl)c2)cc(C(F)(F)F)n1. The monoisotopic (exact) mass is 350 g/mol. The molecule has 0 spiro atoms. The van der Waals surface area contributed by atoms with Crippen LogP contribution < -0.4 is 0 Å². The number of carbonyl (C=O) groups is 1. The fourth-order valence-electron chi connectivity index (χ4n) is 1.62. The van der Waals surface area contributed by atoms with E-state index in [2.05, 4.69) is 14.7 Å². The minimum absolute atomic E-state index is 0.146. The summed E-state index contributed by atoms with van der Waals surface area (Å²) in [6, 6.07) is 4.86. The number of nitrogens with zero attached hydrogens (tertiary/aromatic N) is 2. The van der Waals surface area contributed by atoms with Crippen molar-refractivity contribution in [3.05, 3.63) is 45.8 Å². The molecule has 0 aliphatic heterocycles. The minimum Gasteiger partial charge on any atom is -0.463 e. The van der Waals surface area contributed by atoms with Crippen LogP contribution in [-0.2, 0) is 10.9 Å². The second-order valence-electron chi connectivity index (χ2n) is 4.11. The van der Waals surface area contributed by atoms with E-state index in [-0.39, 0.29) is 21.3 Å². The largest absolute Gasteiger partial charge is 0.463 e. The molecule has 0 aliphatic rings. The van der Waals surface area contributed by atoms with Crippen molar-refractivity contribution in [3.63, 3.8) is 0 Å². The standard InChI is InChI=1S/C13H7Cl2F3N2O2/c1-22-12(21)11-19-9(5-10(20-11)13(16,17)18)6-2-7(14)4-8(15)3-6/h2-5H,1H3. The lowest BCUT2D eigenvalue weighted by molar-refractivity contribution is -0.141. The van der Waals surface area contributed by atoms with Gasteiger partial charge in [-0.1, -0.05) is 23.2 Å². The molecule has 0 radical (unpaired) electrons. The first kappa shape index (κ1) is 16.5. The van der Waals surface area contributed by atoms with Crippen molar-refractivity contribution in [2.75, 3.05) is 7.11 Å². The predicted octanol–water partition coefficient (Wildman–Crippen LogP) is 4.26. The quantitative estimate of drug-likeness (QED) is 0.759. The van der Waals surface area contributed by atoms with Gasteiger partial charge in [-0.3, -0.25) is 0 Å². The summed E-state index contributed by atoms with van der Waals surface area (Å²) in [4.78, 5) is 18.4. The van der Waals surface area contributed by atoms with Gasteiger partial charge in [-0.25, -0.2) is 14.8 Å². The van der Waals surface area contributed by atoms with E-state index < -0.39 is 23.7 Å². The average molecular weight is 351 g/mol. The Morgan fingerprint density at radius 3 is 2.18 bits per heavy atom. The second kappa shape index (κ2) is 6.10. The zero-order valence-electron chi connectivity index (χ0n) is 10.9. The zero-order valence-corrected chi connectivity index (χ0v) is 12.4. The first-order valence-corrected chi connectivity index (χ1v) is 6.47. The maximum Gasteiger partial charge on any atom is 0.433 e. The van der Waals surface area contributed by atoms with E-state index in [4.69, 9.17) is 23.2 Å². The third kappa shape index (κ3) is 3.66. The number of ether oxygens (including phenoxy) is 1. The Labute approximate surface area is 132 Å². The smallest absolute Gasteiger partial charge is 0.433 e. The molecule has 1 aromatic carbocycles. The number of esters is 1. The summed E-state index contributed by atoms with van der Waals surface area (Å²) in [7, 11) is 1.02. The van der Waals surface area contributed by atoms with Gasteiger partial charge in [0.15, 0.2) is 0 Å². The van der Waals surface area contributed by atoms with Gasteiger partial charge in [-0.05, 0) is 24.3 Å². The Bertz CT molecular complexity index is 715. The summed E-state index contributed by atoms with van der Waals surface area (Å²) < 4.78 is 43.0. The van der Waals surface area contributed by atoms with Gasteiger partial charge < -0.3 is 4.74 Å². The minimum atomic E-state index is -4.75. The summed E-state index contributed by atoms with van der Waals surface area (Å²) in [6.45, 7) is 0. The Kier molecular flexibility index (Phi) is 4.58. The number of methoxy groups -OCH3 is 1. The molecule has 0 N–H and O–H groups in total. The fraction of sp³-hybridized carbons (Fsp3) is 0.154. The molecule has 22 heavy (non-hydrogen) atoms. The molecular formula is C13H7Cl2F3N2O2. The number of carbonyl (C=O) groups excluding carboxylic acids is 1. The van der Waals surface area contributed by atoms with Crippen molar-refractivity contribution >= 4 is 29.2 Å². The zero-order chi connectivity index (χ0) is 16.5. The van der Waals surface area contributed by atoms with Crippen molar-refractivity contribution in [1.82, 2.24) is 9.97 Å². The molecule has 0 atom stereocenters. The lowest BCUT2D eigenvalue weighted by atomic mass is 10.1. The molecule has 2 rings (SSSR count). The number of alkyl halides is 3. The van der Waals surface area contributed by atoms with Crippen LogP contribution in [0.2, 0.25) is 10.0 Å².